The first-order chi connectivity index (χ1) is 18.9. The number of aromatic nitrogens is 5. The number of benzene rings is 1. The Bertz CT molecular complexity index is 1760. The Hall–Kier alpha value is -4.78. The standard InChI is InChI=1S/C32H31FN6/c1-6-21(18-25(7-2)35-20(5)22-9-10-22)19(4)17-26-27(8-3)38-39-30(26)32-36-28-15-16-34-29(31(28)37-32)23-11-13-24(33)14-12-23/h6-8,11-18,22,35,38H,2,4-5,9-10H2,1,3H3,(H,36,37)/b21-6+,25-18+,26-17+,27-8+. The van der Waals surface area contributed by atoms with Gasteiger partial charge in [0.2, 0.25) is 0 Å². The van der Waals surface area contributed by atoms with E-state index in [1.54, 1.807) is 24.4 Å². The maximum absolute atomic E-state index is 13.5. The topological polar surface area (TPSA) is 82.3 Å². The maximum atomic E-state index is 13.5. The van der Waals surface area contributed by atoms with Gasteiger partial charge in [0, 0.05) is 28.4 Å². The summed E-state index contributed by atoms with van der Waals surface area (Å²) in [5.74, 6) is 0.834. The van der Waals surface area contributed by atoms with Crippen LogP contribution >= 0.6 is 0 Å². The number of nitrogens with zero attached hydrogens (tertiary/aromatic N) is 3. The molecule has 0 bridgehead atoms. The van der Waals surface area contributed by atoms with Crippen LogP contribution in [0, 0.1) is 11.7 Å². The predicted octanol–water partition coefficient (Wildman–Crippen LogP) is 5.82. The first-order valence-corrected chi connectivity index (χ1v) is 12.9. The van der Waals surface area contributed by atoms with Gasteiger partial charge in [-0.1, -0.05) is 31.9 Å². The van der Waals surface area contributed by atoms with E-state index in [4.69, 9.17) is 4.98 Å². The Labute approximate surface area is 226 Å². The van der Waals surface area contributed by atoms with E-state index in [1.807, 2.05) is 44.2 Å². The average molecular weight is 519 g/mol. The van der Waals surface area contributed by atoms with Crippen LogP contribution in [-0.4, -0.2) is 25.1 Å². The number of allylic oxidation sites excluding steroid dienone is 6. The van der Waals surface area contributed by atoms with Gasteiger partial charge in [0.05, 0.1) is 16.6 Å². The summed E-state index contributed by atoms with van der Waals surface area (Å²) >= 11 is 0. The second-order valence-corrected chi connectivity index (χ2v) is 9.48. The molecular formula is C32H31FN6. The normalized spacial score (nSPS) is 15.2. The number of pyridine rings is 1. The molecule has 196 valence electrons. The van der Waals surface area contributed by atoms with E-state index in [0.29, 0.717) is 28.6 Å². The largest absolute Gasteiger partial charge is 0.359 e. The summed E-state index contributed by atoms with van der Waals surface area (Å²) in [6, 6.07) is 8.10. The third kappa shape index (κ3) is 5.43. The molecule has 1 fully saturated rings. The molecule has 39 heavy (non-hydrogen) atoms. The SMILES string of the molecule is C=C/C(=C\C(=C/C)C(=C)/C=c1/c(-c2nc3c(-c4ccc(F)cc4)nccc3[nH]2)n[nH]/c1=C/C)NC(=C)C1CC1. The second-order valence-electron chi connectivity index (χ2n) is 9.48. The van der Waals surface area contributed by atoms with Crippen molar-refractivity contribution in [2.24, 2.45) is 5.92 Å². The molecule has 4 aromatic rings. The van der Waals surface area contributed by atoms with Gasteiger partial charge in [0.15, 0.2) is 5.82 Å². The van der Waals surface area contributed by atoms with Crippen LogP contribution in [0.2, 0.25) is 0 Å². The van der Waals surface area contributed by atoms with Gasteiger partial charge in [0.25, 0.3) is 0 Å². The number of hydrogen-bond donors (Lipinski definition) is 3. The fourth-order valence-electron chi connectivity index (χ4n) is 4.43. The van der Waals surface area contributed by atoms with Crippen molar-refractivity contribution in [3.8, 4) is 22.8 Å². The molecule has 3 heterocycles. The smallest absolute Gasteiger partial charge is 0.159 e. The summed E-state index contributed by atoms with van der Waals surface area (Å²) < 4.78 is 13.5. The van der Waals surface area contributed by atoms with Crippen molar-refractivity contribution >= 4 is 23.2 Å². The minimum atomic E-state index is -0.298. The monoisotopic (exact) mass is 518 g/mol. The molecule has 3 N–H and O–H groups in total. The van der Waals surface area contributed by atoms with Crippen molar-refractivity contribution in [1.29, 1.82) is 0 Å². The number of halogens is 1. The molecule has 5 rings (SSSR count). The molecule has 3 aromatic heterocycles. The Balaban J connectivity index is 1.54. The van der Waals surface area contributed by atoms with E-state index in [2.05, 4.69) is 45.2 Å². The van der Waals surface area contributed by atoms with Crippen LogP contribution in [0.25, 0.3) is 46.0 Å². The summed E-state index contributed by atoms with van der Waals surface area (Å²) in [6.07, 6.45) is 13.9. The van der Waals surface area contributed by atoms with Crippen LogP contribution in [-0.2, 0) is 0 Å². The van der Waals surface area contributed by atoms with Gasteiger partial charge in [-0.15, -0.1) is 0 Å². The zero-order chi connectivity index (χ0) is 27.5. The minimum absolute atomic E-state index is 0.298. The maximum Gasteiger partial charge on any atom is 0.159 e. The molecule has 0 saturated heterocycles. The third-order valence-corrected chi connectivity index (χ3v) is 6.77. The fraction of sp³-hybridized carbons (Fsp3) is 0.156. The Morgan fingerprint density at radius 1 is 1.10 bits per heavy atom. The van der Waals surface area contributed by atoms with Crippen molar-refractivity contribution < 1.29 is 4.39 Å². The van der Waals surface area contributed by atoms with Gasteiger partial charge >= 0.3 is 0 Å². The van der Waals surface area contributed by atoms with Crippen molar-refractivity contribution in [2.75, 3.05) is 0 Å². The van der Waals surface area contributed by atoms with Gasteiger partial charge in [0.1, 0.15) is 17.0 Å². The summed E-state index contributed by atoms with van der Waals surface area (Å²) in [5.41, 5.74) is 7.26. The molecule has 1 saturated carbocycles. The van der Waals surface area contributed by atoms with Crippen LogP contribution in [0.5, 0.6) is 0 Å². The van der Waals surface area contributed by atoms with Crippen molar-refractivity contribution in [2.45, 2.75) is 26.7 Å². The molecule has 0 unspecified atom stereocenters. The first kappa shape index (κ1) is 25.9. The zero-order valence-corrected chi connectivity index (χ0v) is 22.2. The van der Waals surface area contributed by atoms with E-state index in [-0.39, 0.29) is 5.82 Å². The lowest BCUT2D eigenvalue weighted by Crippen LogP contribution is -2.24. The van der Waals surface area contributed by atoms with Gasteiger partial charge in [-0.3, -0.25) is 10.1 Å². The molecule has 0 radical (unpaired) electrons. The number of fused-ring (bicyclic) bond motifs is 1. The number of hydrogen-bond acceptors (Lipinski definition) is 4. The third-order valence-electron chi connectivity index (χ3n) is 6.77. The number of aromatic amines is 2. The Morgan fingerprint density at radius 3 is 2.54 bits per heavy atom. The molecule has 1 aromatic carbocycles. The number of nitrogens with one attached hydrogen (secondary N) is 3. The van der Waals surface area contributed by atoms with Crippen molar-refractivity contribution in [1.82, 2.24) is 30.5 Å². The van der Waals surface area contributed by atoms with Crippen LogP contribution in [0.3, 0.4) is 0 Å². The van der Waals surface area contributed by atoms with Gasteiger partial charge in [-0.25, -0.2) is 9.37 Å². The first-order valence-electron chi connectivity index (χ1n) is 12.9. The number of rotatable bonds is 9. The quantitative estimate of drug-likeness (QED) is 0.244. The Morgan fingerprint density at radius 2 is 1.87 bits per heavy atom. The summed E-state index contributed by atoms with van der Waals surface area (Å²) in [4.78, 5) is 12.8. The van der Waals surface area contributed by atoms with E-state index in [0.717, 1.165) is 44.2 Å². The molecule has 0 atom stereocenters. The highest BCUT2D eigenvalue weighted by atomic mass is 19.1. The van der Waals surface area contributed by atoms with Crippen LogP contribution < -0.4 is 15.9 Å². The molecule has 1 aliphatic rings. The lowest BCUT2D eigenvalue weighted by atomic mass is 10.0. The summed E-state index contributed by atoms with van der Waals surface area (Å²) in [5, 5.41) is 12.8. The molecule has 0 spiro atoms. The molecule has 7 heteroatoms. The van der Waals surface area contributed by atoms with Gasteiger partial charge in [-0.2, -0.15) is 5.10 Å². The molecule has 6 nitrogen and oxygen atoms in total. The molecular weight excluding hydrogens is 487 g/mol. The molecule has 0 aliphatic heterocycles. The van der Waals surface area contributed by atoms with Crippen LogP contribution in [0.15, 0.2) is 97.0 Å². The van der Waals surface area contributed by atoms with E-state index < -0.39 is 0 Å². The lowest BCUT2D eigenvalue weighted by molar-refractivity contribution is 0.628. The van der Waals surface area contributed by atoms with E-state index in [1.165, 1.54) is 25.0 Å². The zero-order valence-electron chi connectivity index (χ0n) is 22.2. The van der Waals surface area contributed by atoms with E-state index >= 15 is 0 Å². The number of imidazole rings is 1. The minimum Gasteiger partial charge on any atom is -0.359 e. The highest BCUT2D eigenvalue weighted by Crippen LogP contribution is 2.34. The van der Waals surface area contributed by atoms with Crippen molar-refractivity contribution in [3.05, 3.63) is 113 Å². The summed E-state index contributed by atoms with van der Waals surface area (Å²) in [7, 11) is 0. The predicted molar refractivity (Wildman–Crippen MR) is 157 cm³/mol. The lowest BCUT2D eigenvalue weighted by Gasteiger charge is -2.11. The van der Waals surface area contributed by atoms with Gasteiger partial charge in [-0.05, 0) is 92.3 Å². The van der Waals surface area contributed by atoms with Crippen molar-refractivity contribution in [3.63, 3.8) is 0 Å². The summed E-state index contributed by atoms with van der Waals surface area (Å²) in [6.45, 7) is 16.4. The van der Waals surface area contributed by atoms with Gasteiger partial charge < -0.3 is 10.3 Å². The highest BCUT2D eigenvalue weighted by Gasteiger charge is 2.24. The van der Waals surface area contributed by atoms with Crippen LogP contribution in [0.4, 0.5) is 4.39 Å². The highest BCUT2D eigenvalue weighted by molar-refractivity contribution is 5.91. The Kier molecular flexibility index (Phi) is 7.23. The fourth-order valence-corrected chi connectivity index (χ4v) is 4.43. The molecule has 1 aliphatic carbocycles. The van der Waals surface area contributed by atoms with Crippen LogP contribution in [0.1, 0.15) is 26.7 Å². The molecule has 0 amide bonds. The van der Waals surface area contributed by atoms with E-state index in [9.17, 15) is 4.39 Å². The average Bonchev–Trinajstić information content (AvgIpc) is 3.59. The number of H-pyrrole nitrogens is 2. The second kappa shape index (κ2) is 10.9.